The van der Waals surface area contributed by atoms with Crippen LogP contribution in [0.15, 0.2) is 219 Å². The predicted octanol–water partition coefficient (Wildman–Crippen LogP) is 17.2. The molecule has 0 aliphatic carbocycles. The van der Waals surface area contributed by atoms with Crippen molar-refractivity contribution in [3.63, 3.8) is 0 Å². The molecule has 0 amide bonds. The van der Waals surface area contributed by atoms with Crippen molar-refractivity contribution in [1.29, 1.82) is 0 Å². The van der Waals surface area contributed by atoms with Gasteiger partial charge in [0.15, 0.2) is 0 Å². The van der Waals surface area contributed by atoms with Gasteiger partial charge in [-0.05, 0) is 195 Å². The fraction of sp³-hybridized carbons (Fsp3) is 0.280. The fourth-order valence-corrected chi connectivity index (χ4v) is 18.3. The smallest absolute Gasteiger partial charge is 0.227 e. The van der Waals surface area contributed by atoms with Crippen LogP contribution >= 0.6 is 22.9 Å². The van der Waals surface area contributed by atoms with Gasteiger partial charge < -0.3 is 50.3 Å². The van der Waals surface area contributed by atoms with Crippen LogP contribution in [0.3, 0.4) is 0 Å². The molecule has 140 heavy (non-hydrogen) atoms. The third-order valence-electron chi connectivity index (χ3n) is 24.8. The number of morpholine rings is 2. The standard InChI is InChI=1S/C31H34N8O2S.C26H26N6O.C25H23ClN6O.C25H24N6O/c1-38-20-24(18-35-38)22-12-21(19-39-7-9-40-10-8-39)13-25(14-22)36-31-34-17-23-15-27(30-33-6-11-42-30)29(16-28(23)37-31)41-26-2-4-32-5-3-26;1-5-18-6-7-25-20(8-18)12-27-26(30-25)29-22-9-19(21-13-28-31(4)14-21)10-23(11-22)33-24-15-32(16-24)17(2)3;1-3-17-8-20-13-27-25(30-24(20)23(26)11-17)29-22-10-18(15-32-4-6-33-7-5-32)9-19(12-22)21-14-28-31(2)16-21;1-4-17-6-7-24-19(8-17)12-26-25(29-24)28-21-9-18(20-13-27-30(3)14-20)10-22(11-21)32-23-15-31(5-2)16-23/h6,11-18,20,26,32H,2-5,7-10,19H2,1H3,(H,34,36,37);1,6-14,17,24H,15-16H2,2-4H3,(H,27,29,30);1,8-14,16H,4-7,15H2,2H3,(H,27,29,30);1,6-14,23H,5,15-16H2,2-3H3,(H,26,28,29). The van der Waals surface area contributed by atoms with Crippen molar-refractivity contribution in [3.05, 3.63) is 252 Å². The van der Waals surface area contributed by atoms with E-state index in [1.54, 1.807) is 50.0 Å². The quantitative estimate of drug-likeness (QED) is 0.0332. The summed E-state index contributed by atoms with van der Waals surface area (Å²) in [6, 6.07) is 44.8. The van der Waals surface area contributed by atoms with Gasteiger partial charge in [0.05, 0.1) is 83.9 Å². The van der Waals surface area contributed by atoms with Gasteiger partial charge in [-0.3, -0.25) is 38.3 Å². The van der Waals surface area contributed by atoms with Gasteiger partial charge in [0.1, 0.15) is 40.6 Å². The van der Waals surface area contributed by atoms with E-state index in [2.05, 4.69) is 207 Å². The molecule has 5 fully saturated rings. The zero-order valence-electron chi connectivity index (χ0n) is 79.0. The number of nitrogens with one attached hydrogen (secondary N) is 5. The molecule has 0 saturated carbocycles. The second-order valence-electron chi connectivity index (χ2n) is 35.6. The molecule has 33 heteroatoms. The number of fused-ring (bicyclic) bond motifs is 4. The van der Waals surface area contributed by atoms with E-state index in [0.29, 0.717) is 45.9 Å². The van der Waals surface area contributed by atoms with E-state index in [-0.39, 0.29) is 18.3 Å². The van der Waals surface area contributed by atoms with Gasteiger partial charge in [0.25, 0.3) is 0 Å². The number of ether oxygens (including phenoxy) is 5. The number of likely N-dealkylation sites (tertiary alicyclic amines) is 2. The van der Waals surface area contributed by atoms with Crippen LogP contribution in [0.5, 0.6) is 17.2 Å². The van der Waals surface area contributed by atoms with Crippen molar-refractivity contribution in [2.75, 3.05) is 120 Å². The lowest BCUT2D eigenvalue weighted by Gasteiger charge is -2.41. The molecule has 5 aliphatic rings. The molecule has 22 rings (SSSR count). The summed E-state index contributed by atoms with van der Waals surface area (Å²) in [6.07, 6.45) is 43.5. The van der Waals surface area contributed by atoms with Gasteiger partial charge in [-0.2, -0.15) is 20.4 Å². The summed E-state index contributed by atoms with van der Waals surface area (Å²) in [7, 11) is 7.67. The molecule has 8 aromatic carbocycles. The van der Waals surface area contributed by atoms with E-state index >= 15 is 0 Å². The van der Waals surface area contributed by atoms with Gasteiger partial charge >= 0.3 is 0 Å². The van der Waals surface area contributed by atoms with Gasteiger partial charge in [-0.1, -0.05) is 36.3 Å². The molecule has 9 aromatic heterocycles. The van der Waals surface area contributed by atoms with Crippen LogP contribution in [-0.2, 0) is 50.8 Å². The van der Waals surface area contributed by atoms with Crippen LogP contribution in [0, 0.1) is 37.0 Å². The van der Waals surface area contributed by atoms with Gasteiger partial charge in [-0.25, -0.2) is 44.9 Å². The normalized spacial score (nSPS) is 15.0. The van der Waals surface area contributed by atoms with E-state index < -0.39 is 0 Å². The van der Waals surface area contributed by atoms with E-state index in [0.717, 1.165) is 269 Å². The third kappa shape index (κ3) is 23.6. The van der Waals surface area contributed by atoms with Crippen molar-refractivity contribution in [2.24, 2.45) is 28.2 Å². The highest BCUT2D eigenvalue weighted by molar-refractivity contribution is 7.13. The minimum atomic E-state index is 0.168. The summed E-state index contributed by atoms with van der Waals surface area (Å²) in [6.45, 7) is 21.8. The largest absolute Gasteiger partial charge is 0.490 e. The lowest BCUT2D eigenvalue weighted by Crippen LogP contribution is -2.56. The van der Waals surface area contributed by atoms with Gasteiger partial charge in [0.2, 0.25) is 23.8 Å². The van der Waals surface area contributed by atoms with E-state index in [1.165, 1.54) is 11.1 Å². The number of thiazole rings is 1. The summed E-state index contributed by atoms with van der Waals surface area (Å²) in [5.41, 5.74) is 20.8. The topological polar surface area (TPSA) is 307 Å². The van der Waals surface area contributed by atoms with E-state index in [9.17, 15) is 0 Å². The van der Waals surface area contributed by atoms with E-state index in [1.807, 2.05) is 161 Å². The minimum Gasteiger partial charge on any atom is -0.490 e. The van der Waals surface area contributed by atoms with Crippen LogP contribution in [0.25, 0.3) is 98.7 Å². The summed E-state index contributed by atoms with van der Waals surface area (Å²) >= 11 is 8.03. The van der Waals surface area contributed by atoms with Crippen LogP contribution in [0.4, 0.5) is 46.5 Å². The Balaban J connectivity index is 0.000000120. The number of anilines is 8. The van der Waals surface area contributed by atoms with Crippen LogP contribution in [0.2, 0.25) is 5.02 Å². The van der Waals surface area contributed by atoms with Crippen molar-refractivity contribution in [1.82, 2.24) is 109 Å². The Kier molecular flexibility index (Phi) is 29.0. The zero-order valence-corrected chi connectivity index (χ0v) is 80.6. The highest BCUT2D eigenvalue weighted by Crippen LogP contribution is 2.40. The summed E-state index contributed by atoms with van der Waals surface area (Å²) in [5, 5.41) is 41.2. The van der Waals surface area contributed by atoms with Crippen LogP contribution in [-0.4, -0.2) is 226 Å². The number of likely N-dealkylation sites (N-methyl/N-ethyl adjacent to an activating group) is 1. The maximum atomic E-state index is 6.56. The lowest BCUT2D eigenvalue weighted by molar-refractivity contribution is 0.000210. The number of aromatic nitrogens is 17. The predicted molar refractivity (Wildman–Crippen MR) is 552 cm³/mol. The minimum absolute atomic E-state index is 0.168. The molecule has 708 valence electrons. The van der Waals surface area contributed by atoms with Gasteiger partial charge in [-0.15, -0.1) is 30.6 Å². The maximum absolute atomic E-state index is 6.56. The molecule has 0 spiro atoms. The molecule has 17 aromatic rings. The lowest BCUT2D eigenvalue weighted by atomic mass is 10.0. The Morgan fingerprint density at radius 2 is 0.871 bits per heavy atom. The second-order valence-corrected chi connectivity index (χ2v) is 36.9. The van der Waals surface area contributed by atoms with Gasteiger partial charge in [0, 0.05) is 262 Å². The van der Waals surface area contributed by atoms with Crippen LogP contribution < -0.4 is 40.8 Å². The number of hydrogen-bond donors (Lipinski definition) is 5. The molecule has 5 N–H and O–H groups in total. The molecule has 0 bridgehead atoms. The number of terminal acetylenes is 3. The molecule has 5 saturated heterocycles. The monoisotopic (exact) mass is 1900 g/mol. The molecule has 0 unspecified atom stereocenters. The number of aryl methyl sites for hydroxylation is 4. The number of nitrogens with zero attached hydrogens (tertiary/aromatic N) is 21. The maximum Gasteiger partial charge on any atom is 0.227 e. The highest BCUT2D eigenvalue weighted by atomic mass is 35.5. The molecule has 14 heterocycles. The van der Waals surface area contributed by atoms with Crippen molar-refractivity contribution < 1.29 is 23.7 Å². The molecule has 31 nitrogen and oxygen atoms in total. The first-order valence-electron chi connectivity index (χ1n) is 46.8. The van der Waals surface area contributed by atoms with E-state index in [4.69, 9.17) is 64.5 Å². The molecule has 5 aliphatic heterocycles. The number of halogens is 1. The van der Waals surface area contributed by atoms with Crippen LogP contribution in [0.1, 0.15) is 61.4 Å². The number of piperidine rings is 1. The van der Waals surface area contributed by atoms with Crippen molar-refractivity contribution in [3.8, 4) is 109 Å². The Bertz CT molecular complexity index is 7420. The summed E-state index contributed by atoms with van der Waals surface area (Å²) in [5.74, 6) is 12.4. The third-order valence-corrected chi connectivity index (χ3v) is 25.9. The molecular formula is C107H107ClN26O5S. The Labute approximate surface area is 821 Å². The van der Waals surface area contributed by atoms with Crippen molar-refractivity contribution in [2.45, 2.75) is 71.1 Å². The number of rotatable bonds is 25. The highest BCUT2D eigenvalue weighted by Gasteiger charge is 2.32. The first-order chi connectivity index (χ1) is 68.3. The molecule has 0 radical (unpaired) electrons. The first kappa shape index (κ1) is 93.9. The Morgan fingerprint density at radius 3 is 1.31 bits per heavy atom. The summed E-state index contributed by atoms with van der Waals surface area (Å²) < 4.78 is 37.4. The fourth-order valence-electron chi connectivity index (χ4n) is 17.3. The zero-order chi connectivity index (χ0) is 96.1. The van der Waals surface area contributed by atoms with Crippen molar-refractivity contribution >= 4 is 113 Å². The average Bonchev–Trinajstić information content (AvgIpc) is 1.24. The SMILES string of the molecule is C#Cc1cc(Cl)c2nc(Nc3cc(CN4CCOCC4)cc(-c4cnn(C)c4)c3)ncc2c1.C#Cc1ccc2nc(Nc3cc(OC4CN(C(C)C)C4)cc(-c4cnn(C)c4)c3)ncc2c1.C#Cc1ccc2nc(Nc3cc(OC4CN(CC)C4)cc(-c4cnn(C)c4)c3)ncc2c1.Cn1cc(-c2cc(CN3CCOCC3)cc(Nc3ncc4cc(-c5nccs5)c(OC5CCNCC5)cc4n3)c2)cn1. The first-order valence-corrected chi connectivity index (χ1v) is 48.1. The average molecular weight is 1900 g/mol. The second kappa shape index (κ2) is 43.3. The molecular weight excluding hydrogens is 1800 g/mol. The number of hydrogen-bond acceptors (Lipinski definition) is 28. The summed E-state index contributed by atoms with van der Waals surface area (Å²) in [4.78, 5) is 51.1. The number of benzene rings is 8. The Hall–Kier alpha value is -15.1. The Morgan fingerprint density at radius 1 is 0.443 bits per heavy atom. The molecule has 0 atom stereocenters.